The highest BCUT2D eigenvalue weighted by molar-refractivity contribution is 5.76. The first-order chi connectivity index (χ1) is 7.47. The minimum absolute atomic E-state index is 0.194. The fourth-order valence-electron chi connectivity index (χ4n) is 1.69. The second-order valence-electron chi connectivity index (χ2n) is 4.17. The lowest BCUT2D eigenvalue weighted by Gasteiger charge is -2.09. The number of hydrogen-bond donors (Lipinski definition) is 2. The molecular formula is C11H20N4O. The fraction of sp³-hybridized carbons (Fsp3) is 0.636. The first-order valence-electron chi connectivity index (χ1n) is 5.44. The van der Waals surface area contributed by atoms with Crippen molar-refractivity contribution in [3.05, 3.63) is 17.0 Å². The number of nitrogens with one attached hydrogen (secondary N) is 1. The molecule has 3 N–H and O–H groups in total. The zero-order valence-electron chi connectivity index (χ0n) is 10.4. The monoisotopic (exact) mass is 224 g/mol. The highest BCUT2D eigenvalue weighted by atomic mass is 16.1. The summed E-state index contributed by atoms with van der Waals surface area (Å²) in [5.74, 6) is -0.483. The zero-order valence-corrected chi connectivity index (χ0v) is 10.4. The molecule has 0 radical (unpaired) electrons. The van der Waals surface area contributed by atoms with Gasteiger partial charge in [-0.05, 0) is 20.9 Å². The number of carbonyl (C=O) groups excluding carboxylic acids is 1. The highest BCUT2D eigenvalue weighted by Gasteiger charge is 2.15. The van der Waals surface area contributed by atoms with Crippen LogP contribution >= 0.6 is 0 Å². The Labute approximate surface area is 96.0 Å². The maximum atomic E-state index is 11.0. The summed E-state index contributed by atoms with van der Waals surface area (Å²) in [6.45, 7) is 7.15. The van der Waals surface area contributed by atoms with Gasteiger partial charge >= 0.3 is 0 Å². The highest BCUT2D eigenvalue weighted by Crippen LogP contribution is 2.14. The van der Waals surface area contributed by atoms with E-state index in [0.717, 1.165) is 17.9 Å². The molecule has 0 bridgehead atoms. The molecule has 1 aromatic rings. The number of rotatable bonds is 5. The number of hydrogen-bond acceptors (Lipinski definition) is 3. The summed E-state index contributed by atoms with van der Waals surface area (Å²) in [7, 11) is 1.91. The van der Waals surface area contributed by atoms with Crippen LogP contribution in [0, 0.1) is 19.8 Å². The van der Waals surface area contributed by atoms with Crippen molar-refractivity contribution >= 4 is 5.91 Å². The van der Waals surface area contributed by atoms with Crippen LogP contribution in [0.25, 0.3) is 0 Å². The van der Waals surface area contributed by atoms with Gasteiger partial charge in [0.2, 0.25) is 5.91 Å². The minimum Gasteiger partial charge on any atom is -0.369 e. The number of nitrogens with zero attached hydrogens (tertiary/aromatic N) is 2. The zero-order chi connectivity index (χ0) is 12.3. The Kier molecular flexibility index (Phi) is 4.06. The van der Waals surface area contributed by atoms with Gasteiger partial charge in [-0.1, -0.05) is 6.92 Å². The summed E-state index contributed by atoms with van der Waals surface area (Å²) in [4.78, 5) is 11.0. The molecule has 0 aliphatic carbocycles. The smallest absolute Gasteiger partial charge is 0.222 e. The van der Waals surface area contributed by atoms with Gasteiger partial charge in [0.1, 0.15) is 0 Å². The lowest BCUT2D eigenvalue weighted by atomic mass is 10.1. The van der Waals surface area contributed by atoms with E-state index < -0.39 is 0 Å². The molecule has 0 aliphatic rings. The van der Waals surface area contributed by atoms with Crippen molar-refractivity contribution in [2.45, 2.75) is 33.9 Å². The molecule has 16 heavy (non-hydrogen) atoms. The normalized spacial score (nSPS) is 12.8. The first kappa shape index (κ1) is 12.7. The third-order valence-corrected chi connectivity index (χ3v) is 2.82. The van der Waals surface area contributed by atoms with Gasteiger partial charge < -0.3 is 11.1 Å². The maximum absolute atomic E-state index is 11.0. The molecule has 0 aromatic carbocycles. The molecule has 0 aliphatic heterocycles. The van der Waals surface area contributed by atoms with E-state index in [1.807, 2.05) is 32.5 Å². The third kappa shape index (κ3) is 2.61. The summed E-state index contributed by atoms with van der Waals surface area (Å²) in [5.41, 5.74) is 8.54. The van der Waals surface area contributed by atoms with E-state index in [9.17, 15) is 4.79 Å². The molecule has 0 saturated carbocycles. The van der Waals surface area contributed by atoms with Crippen molar-refractivity contribution < 1.29 is 4.79 Å². The van der Waals surface area contributed by atoms with Crippen LogP contribution in [0.3, 0.4) is 0 Å². The number of carbonyl (C=O) groups is 1. The van der Waals surface area contributed by atoms with E-state index in [-0.39, 0.29) is 11.8 Å². The van der Waals surface area contributed by atoms with E-state index >= 15 is 0 Å². The lowest BCUT2D eigenvalue weighted by Crippen LogP contribution is -2.25. The van der Waals surface area contributed by atoms with E-state index in [1.165, 1.54) is 5.56 Å². The molecule has 1 atom stereocenters. The van der Waals surface area contributed by atoms with Gasteiger partial charge in [0.25, 0.3) is 0 Å². The van der Waals surface area contributed by atoms with Crippen molar-refractivity contribution in [3.8, 4) is 0 Å². The molecule has 1 unspecified atom stereocenters. The van der Waals surface area contributed by atoms with Crippen LogP contribution in [0.2, 0.25) is 0 Å². The van der Waals surface area contributed by atoms with Crippen molar-refractivity contribution in [3.63, 3.8) is 0 Å². The summed E-state index contributed by atoms with van der Waals surface area (Å²) in [6.07, 6.45) is 0. The van der Waals surface area contributed by atoms with Crippen LogP contribution < -0.4 is 11.1 Å². The van der Waals surface area contributed by atoms with Gasteiger partial charge in [0.05, 0.1) is 18.2 Å². The van der Waals surface area contributed by atoms with E-state index in [1.54, 1.807) is 0 Å². The molecular weight excluding hydrogens is 204 g/mol. The number of nitrogens with two attached hydrogens (primary N) is 1. The van der Waals surface area contributed by atoms with Crippen LogP contribution in [0.15, 0.2) is 0 Å². The Hall–Kier alpha value is -1.36. The Bertz CT molecular complexity index is 384. The SMILES string of the molecule is CNCc1c(C)nn(CC(C)C(N)=O)c1C. The van der Waals surface area contributed by atoms with E-state index in [2.05, 4.69) is 10.4 Å². The van der Waals surface area contributed by atoms with Crippen LogP contribution in [0.5, 0.6) is 0 Å². The van der Waals surface area contributed by atoms with Crippen LogP contribution in [-0.4, -0.2) is 22.7 Å². The van der Waals surface area contributed by atoms with Crippen LogP contribution in [-0.2, 0) is 17.9 Å². The Morgan fingerprint density at radius 2 is 2.19 bits per heavy atom. The topological polar surface area (TPSA) is 72.9 Å². The number of aromatic nitrogens is 2. The molecule has 90 valence electrons. The predicted molar refractivity (Wildman–Crippen MR) is 62.8 cm³/mol. The fourth-order valence-corrected chi connectivity index (χ4v) is 1.69. The number of amides is 1. The molecule has 0 fully saturated rings. The van der Waals surface area contributed by atoms with Gasteiger partial charge in [-0.15, -0.1) is 0 Å². The van der Waals surface area contributed by atoms with Gasteiger partial charge in [0.15, 0.2) is 0 Å². The van der Waals surface area contributed by atoms with E-state index in [0.29, 0.717) is 6.54 Å². The lowest BCUT2D eigenvalue weighted by molar-refractivity contribution is -0.121. The van der Waals surface area contributed by atoms with Crippen molar-refractivity contribution in [2.75, 3.05) is 7.05 Å². The molecule has 1 amide bonds. The first-order valence-corrected chi connectivity index (χ1v) is 5.44. The minimum atomic E-state index is -0.289. The molecule has 0 spiro atoms. The summed E-state index contributed by atoms with van der Waals surface area (Å²) >= 11 is 0. The summed E-state index contributed by atoms with van der Waals surface area (Å²) in [5, 5.41) is 7.53. The van der Waals surface area contributed by atoms with Crippen molar-refractivity contribution in [1.82, 2.24) is 15.1 Å². The number of aryl methyl sites for hydroxylation is 1. The van der Waals surface area contributed by atoms with Crippen LogP contribution in [0.1, 0.15) is 23.9 Å². The largest absolute Gasteiger partial charge is 0.369 e. The molecule has 5 nitrogen and oxygen atoms in total. The third-order valence-electron chi connectivity index (χ3n) is 2.82. The van der Waals surface area contributed by atoms with Crippen molar-refractivity contribution in [1.29, 1.82) is 0 Å². The second kappa shape index (κ2) is 5.12. The van der Waals surface area contributed by atoms with Gasteiger partial charge in [-0.25, -0.2) is 0 Å². The average Bonchev–Trinajstić information content (AvgIpc) is 2.46. The predicted octanol–water partition coefficient (Wildman–Crippen LogP) is 0.341. The van der Waals surface area contributed by atoms with Gasteiger partial charge in [0, 0.05) is 17.8 Å². The molecule has 0 saturated heterocycles. The second-order valence-corrected chi connectivity index (χ2v) is 4.17. The van der Waals surface area contributed by atoms with Crippen LogP contribution in [0.4, 0.5) is 0 Å². The molecule has 1 rings (SSSR count). The molecule has 1 heterocycles. The maximum Gasteiger partial charge on any atom is 0.222 e. The van der Waals surface area contributed by atoms with Gasteiger partial charge in [-0.2, -0.15) is 5.10 Å². The van der Waals surface area contributed by atoms with Gasteiger partial charge in [-0.3, -0.25) is 9.48 Å². The Morgan fingerprint density at radius 1 is 1.56 bits per heavy atom. The van der Waals surface area contributed by atoms with Crippen molar-refractivity contribution in [2.24, 2.45) is 11.7 Å². The quantitative estimate of drug-likeness (QED) is 0.757. The summed E-state index contributed by atoms with van der Waals surface area (Å²) in [6, 6.07) is 0. The van der Waals surface area contributed by atoms with E-state index in [4.69, 9.17) is 5.73 Å². The Morgan fingerprint density at radius 3 is 2.69 bits per heavy atom. The standard InChI is InChI=1S/C11H20N4O/c1-7(11(12)16)6-15-9(3)10(5-13-4)8(2)14-15/h7,13H,5-6H2,1-4H3,(H2,12,16). The summed E-state index contributed by atoms with van der Waals surface area (Å²) < 4.78 is 1.86. The average molecular weight is 224 g/mol. The Balaban J connectivity index is 2.90. The number of primary amides is 1. The molecule has 5 heteroatoms. The molecule has 1 aromatic heterocycles.